The van der Waals surface area contributed by atoms with Gasteiger partial charge in [0.05, 0.1) is 13.2 Å². The summed E-state index contributed by atoms with van der Waals surface area (Å²) in [7, 11) is 5.65. The molecule has 3 nitrogen and oxygen atoms in total. The predicted molar refractivity (Wildman–Crippen MR) is 87.8 cm³/mol. The average molecular weight is 283 g/mol. The third-order valence-electron chi connectivity index (χ3n) is 3.34. The standard InChI is InChI=1S/C18H21NO2/c1-19(2)16-9-4-14(5-10-16)6-13-18(20)15-7-11-17(21-3)12-8-15/h4-13,18,20H,1-3H3/b13-6+. The smallest absolute Gasteiger partial charge is 0.118 e. The van der Waals surface area contributed by atoms with E-state index in [0.29, 0.717) is 0 Å². The molecule has 0 aliphatic heterocycles. The summed E-state index contributed by atoms with van der Waals surface area (Å²) in [4.78, 5) is 2.06. The Labute approximate surface area is 126 Å². The Morgan fingerprint density at radius 1 is 1.00 bits per heavy atom. The van der Waals surface area contributed by atoms with E-state index in [1.54, 1.807) is 13.2 Å². The number of nitrogens with zero attached hydrogens (tertiary/aromatic N) is 1. The van der Waals surface area contributed by atoms with Crippen LogP contribution in [0.25, 0.3) is 6.08 Å². The van der Waals surface area contributed by atoms with Gasteiger partial charge in [0, 0.05) is 19.8 Å². The summed E-state index contributed by atoms with van der Waals surface area (Å²) in [6.07, 6.45) is 3.09. The summed E-state index contributed by atoms with van der Waals surface area (Å²) in [6.45, 7) is 0. The van der Waals surface area contributed by atoms with E-state index in [0.717, 1.165) is 22.6 Å². The highest BCUT2D eigenvalue weighted by molar-refractivity contribution is 5.56. The van der Waals surface area contributed by atoms with Crippen molar-refractivity contribution < 1.29 is 9.84 Å². The Morgan fingerprint density at radius 3 is 2.14 bits per heavy atom. The molecule has 2 aromatic carbocycles. The molecule has 2 rings (SSSR count). The second-order valence-corrected chi connectivity index (χ2v) is 5.06. The lowest BCUT2D eigenvalue weighted by atomic mass is 10.1. The van der Waals surface area contributed by atoms with Crippen LogP contribution in [0.15, 0.2) is 54.6 Å². The van der Waals surface area contributed by atoms with Crippen LogP contribution in [-0.2, 0) is 0 Å². The van der Waals surface area contributed by atoms with E-state index in [-0.39, 0.29) is 0 Å². The third kappa shape index (κ3) is 4.10. The van der Waals surface area contributed by atoms with Gasteiger partial charge in [-0.15, -0.1) is 0 Å². The van der Waals surface area contributed by atoms with Crippen molar-refractivity contribution in [2.24, 2.45) is 0 Å². The minimum atomic E-state index is -0.621. The molecule has 0 aliphatic rings. The maximum Gasteiger partial charge on any atom is 0.118 e. The molecule has 0 spiro atoms. The van der Waals surface area contributed by atoms with Gasteiger partial charge in [-0.05, 0) is 35.4 Å². The maximum atomic E-state index is 10.2. The van der Waals surface area contributed by atoms with Crippen LogP contribution in [0.2, 0.25) is 0 Å². The lowest BCUT2D eigenvalue weighted by Gasteiger charge is -2.12. The third-order valence-corrected chi connectivity index (χ3v) is 3.34. The summed E-state index contributed by atoms with van der Waals surface area (Å²) >= 11 is 0. The van der Waals surface area contributed by atoms with Gasteiger partial charge in [0.15, 0.2) is 0 Å². The van der Waals surface area contributed by atoms with E-state index in [1.165, 1.54) is 0 Å². The van der Waals surface area contributed by atoms with Gasteiger partial charge >= 0.3 is 0 Å². The lowest BCUT2D eigenvalue weighted by molar-refractivity contribution is 0.229. The van der Waals surface area contributed by atoms with Crippen molar-refractivity contribution in [3.05, 3.63) is 65.7 Å². The number of rotatable bonds is 5. The van der Waals surface area contributed by atoms with Gasteiger partial charge in [0.2, 0.25) is 0 Å². The first kappa shape index (κ1) is 15.1. The fraction of sp³-hybridized carbons (Fsp3) is 0.222. The van der Waals surface area contributed by atoms with Gasteiger partial charge in [0.1, 0.15) is 5.75 Å². The van der Waals surface area contributed by atoms with Crippen molar-refractivity contribution in [3.63, 3.8) is 0 Å². The molecule has 1 atom stereocenters. The fourth-order valence-electron chi connectivity index (χ4n) is 2.00. The number of hydrogen-bond acceptors (Lipinski definition) is 3. The Hall–Kier alpha value is -2.26. The molecule has 1 unspecified atom stereocenters. The van der Waals surface area contributed by atoms with Crippen molar-refractivity contribution in [3.8, 4) is 5.75 Å². The molecule has 0 radical (unpaired) electrons. The first-order chi connectivity index (χ1) is 10.1. The number of aliphatic hydroxyl groups excluding tert-OH is 1. The van der Waals surface area contributed by atoms with Crippen LogP contribution in [0, 0.1) is 0 Å². The van der Waals surface area contributed by atoms with E-state index in [9.17, 15) is 5.11 Å². The molecule has 0 bridgehead atoms. The van der Waals surface area contributed by atoms with Crippen LogP contribution in [0.5, 0.6) is 5.75 Å². The second kappa shape index (κ2) is 6.95. The summed E-state index contributed by atoms with van der Waals surface area (Å²) in [5, 5.41) is 10.2. The number of anilines is 1. The van der Waals surface area contributed by atoms with Gasteiger partial charge in [-0.2, -0.15) is 0 Å². The first-order valence-electron chi connectivity index (χ1n) is 6.88. The van der Waals surface area contributed by atoms with Crippen LogP contribution in [0.1, 0.15) is 17.2 Å². The molecule has 0 fully saturated rings. The molecule has 110 valence electrons. The Kier molecular flexibility index (Phi) is 5.01. The minimum Gasteiger partial charge on any atom is -0.497 e. The molecule has 0 heterocycles. The predicted octanol–water partition coefficient (Wildman–Crippen LogP) is 3.51. The monoisotopic (exact) mass is 283 g/mol. The van der Waals surface area contributed by atoms with E-state index >= 15 is 0 Å². The lowest BCUT2D eigenvalue weighted by Crippen LogP contribution is -2.07. The van der Waals surface area contributed by atoms with Crippen molar-refractivity contribution >= 4 is 11.8 Å². The zero-order valence-electron chi connectivity index (χ0n) is 12.7. The van der Waals surface area contributed by atoms with Crippen LogP contribution in [0.3, 0.4) is 0 Å². The Balaban J connectivity index is 2.05. The zero-order chi connectivity index (χ0) is 15.2. The van der Waals surface area contributed by atoms with Gasteiger partial charge in [0.25, 0.3) is 0 Å². The number of ether oxygens (including phenoxy) is 1. The molecule has 0 aliphatic carbocycles. The Bertz CT molecular complexity index is 586. The first-order valence-corrected chi connectivity index (χ1v) is 6.88. The molecule has 0 saturated carbocycles. The van der Waals surface area contributed by atoms with E-state index in [4.69, 9.17) is 4.74 Å². The molecule has 3 heteroatoms. The summed E-state index contributed by atoms with van der Waals surface area (Å²) in [5.74, 6) is 0.786. The molecule has 0 amide bonds. The molecule has 0 aromatic heterocycles. The van der Waals surface area contributed by atoms with Gasteiger partial charge in [-0.25, -0.2) is 0 Å². The quantitative estimate of drug-likeness (QED) is 0.911. The van der Waals surface area contributed by atoms with Crippen LogP contribution >= 0.6 is 0 Å². The number of benzene rings is 2. The topological polar surface area (TPSA) is 32.7 Å². The van der Waals surface area contributed by atoms with Crippen LogP contribution in [-0.4, -0.2) is 26.3 Å². The maximum absolute atomic E-state index is 10.2. The molecule has 2 aromatic rings. The Morgan fingerprint density at radius 2 is 1.62 bits per heavy atom. The highest BCUT2D eigenvalue weighted by Crippen LogP contribution is 2.20. The highest BCUT2D eigenvalue weighted by atomic mass is 16.5. The minimum absolute atomic E-state index is 0.621. The van der Waals surface area contributed by atoms with Gasteiger partial charge in [-0.3, -0.25) is 0 Å². The van der Waals surface area contributed by atoms with Crippen LogP contribution in [0.4, 0.5) is 5.69 Å². The van der Waals surface area contributed by atoms with Crippen molar-refractivity contribution in [1.82, 2.24) is 0 Å². The summed E-state index contributed by atoms with van der Waals surface area (Å²) < 4.78 is 5.11. The van der Waals surface area contributed by atoms with Crippen molar-refractivity contribution in [2.45, 2.75) is 6.10 Å². The van der Waals surface area contributed by atoms with Crippen molar-refractivity contribution in [1.29, 1.82) is 0 Å². The molecular formula is C18H21NO2. The molecule has 0 saturated heterocycles. The molecular weight excluding hydrogens is 262 g/mol. The van der Waals surface area contributed by atoms with E-state index in [2.05, 4.69) is 17.0 Å². The fourth-order valence-corrected chi connectivity index (χ4v) is 2.00. The molecule has 21 heavy (non-hydrogen) atoms. The highest BCUT2D eigenvalue weighted by Gasteiger charge is 2.03. The van der Waals surface area contributed by atoms with Gasteiger partial charge in [-0.1, -0.05) is 36.4 Å². The van der Waals surface area contributed by atoms with Crippen molar-refractivity contribution in [2.75, 3.05) is 26.1 Å². The second-order valence-electron chi connectivity index (χ2n) is 5.06. The van der Waals surface area contributed by atoms with Crippen LogP contribution < -0.4 is 9.64 Å². The largest absolute Gasteiger partial charge is 0.497 e. The number of aliphatic hydroxyl groups is 1. The van der Waals surface area contributed by atoms with E-state index < -0.39 is 6.10 Å². The normalized spacial score (nSPS) is 12.4. The van der Waals surface area contributed by atoms with Gasteiger partial charge < -0.3 is 14.7 Å². The average Bonchev–Trinajstić information content (AvgIpc) is 2.53. The number of methoxy groups -OCH3 is 1. The number of hydrogen-bond donors (Lipinski definition) is 1. The summed E-state index contributed by atoms with van der Waals surface area (Å²) in [5.41, 5.74) is 3.06. The SMILES string of the molecule is COc1ccc(C(O)/C=C/c2ccc(N(C)C)cc2)cc1. The zero-order valence-corrected chi connectivity index (χ0v) is 12.7. The van der Waals surface area contributed by atoms with E-state index in [1.807, 2.05) is 56.6 Å². The summed E-state index contributed by atoms with van der Waals surface area (Å²) in [6, 6.07) is 15.6. The molecule has 1 N–H and O–H groups in total.